The summed E-state index contributed by atoms with van der Waals surface area (Å²) in [5.41, 5.74) is 0. The first kappa shape index (κ1) is 14.2. The maximum Gasteiger partial charge on any atom is 0.0327 e. The van der Waals surface area contributed by atoms with Crippen LogP contribution >= 0.6 is 27.3 Å². The van der Waals surface area contributed by atoms with Gasteiger partial charge in [-0.05, 0) is 59.3 Å². The highest BCUT2D eigenvalue weighted by atomic mass is 79.9. The van der Waals surface area contributed by atoms with Gasteiger partial charge in [0.25, 0.3) is 0 Å². The van der Waals surface area contributed by atoms with Gasteiger partial charge in [0.1, 0.15) is 0 Å². The van der Waals surface area contributed by atoms with E-state index in [9.17, 15) is 0 Å². The van der Waals surface area contributed by atoms with E-state index in [0.29, 0.717) is 0 Å². The van der Waals surface area contributed by atoms with Crippen LogP contribution in [-0.2, 0) is 6.54 Å². The molecule has 4 heteroatoms. The Bertz CT molecular complexity index is 286. The number of hydrogen-bond acceptors (Lipinski definition) is 3. The maximum absolute atomic E-state index is 3.53. The zero-order chi connectivity index (χ0) is 11.8. The predicted octanol–water partition coefficient (Wildman–Crippen LogP) is 3.24. The molecule has 0 aromatic carbocycles. The second-order valence-electron chi connectivity index (χ2n) is 4.32. The maximum atomic E-state index is 3.53. The summed E-state index contributed by atoms with van der Waals surface area (Å²) in [5.74, 6) is 0.745. The molecule has 0 saturated heterocycles. The summed E-state index contributed by atoms with van der Waals surface area (Å²) in [6.45, 7) is 8.75. The van der Waals surface area contributed by atoms with E-state index in [1.807, 2.05) is 0 Å². The highest BCUT2D eigenvalue weighted by molar-refractivity contribution is 9.10. The van der Waals surface area contributed by atoms with Crippen LogP contribution in [-0.4, -0.2) is 19.6 Å². The van der Waals surface area contributed by atoms with Crippen LogP contribution in [0.2, 0.25) is 0 Å². The standard InChI is InChI=1S/C12H21BrN2S/c1-10(2)8-14-5-3-6-15-9-12-11(13)4-7-16-12/h4,7,10,14-15H,3,5-6,8-9H2,1-2H3. The van der Waals surface area contributed by atoms with Crippen molar-refractivity contribution in [1.29, 1.82) is 0 Å². The number of rotatable bonds is 8. The summed E-state index contributed by atoms with van der Waals surface area (Å²) in [6.07, 6.45) is 1.19. The van der Waals surface area contributed by atoms with Gasteiger partial charge in [-0.3, -0.25) is 0 Å². The largest absolute Gasteiger partial charge is 0.316 e. The number of hydrogen-bond donors (Lipinski definition) is 2. The molecule has 1 aromatic heterocycles. The van der Waals surface area contributed by atoms with Gasteiger partial charge in [0, 0.05) is 15.9 Å². The Morgan fingerprint density at radius 1 is 1.31 bits per heavy atom. The SMILES string of the molecule is CC(C)CNCCCNCc1sccc1Br. The molecule has 0 aliphatic rings. The van der Waals surface area contributed by atoms with Crippen LogP contribution < -0.4 is 10.6 Å². The summed E-state index contributed by atoms with van der Waals surface area (Å²) in [6, 6.07) is 2.10. The molecule has 0 fully saturated rings. The molecule has 16 heavy (non-hydrogen) atoms. The average molecular weight is 305 g/mol. The highest BCUT2D eigenvalue weighted by Gasteiger charge is 1.99. The molecule has 0 amide bonds. The van der Waals surface area contributed by atoms with Gasteiger partial charge in [0.05, 0.1) is 0 Å². The molecule has 2 N–H and O–H groups in total. The molecule has 2 nitrogen and oxygen atoms in total. The Balaban J connectivity index is 1.94. The molecule has 1 heterocycles. The lowest BCUT2D eigenvalue weighted by Crippen LogP contribution is -2.24. The fraction of sp³-hybridized carbons (Fsp3) is 0.667. The second-order valence-corrected chi connectivity index (χ2v) is 6.18. The molecule has 92 valence electrons. The molecule has 0 bridgehead atoms. The van der Waals surface area contributed by atoms with Gasteiger partial charge >= 0.3 is 0 Å². The van der Waals surface area contributed by atoms with Crippen molar-refractivity contribution in [3.05, 3.63) is 20.8 Å². The topological polar surface area (TPSA) is 24.1 Å². The fourth-order valence-electron chi connectivity index (χ4n) is 1.38. The van der Waals surface area contributed by atoms with E-state index >= 15 is 0 Å². The highest BCUT2D eigenvalue weighted by Crippen LogP contribution is 2.21. The smallest absolute Gasteiger partial charge is 0.0327 e. The van der Waals surface area contributed by atoms with E-state index in [1.54, 1.807) is 11.3 Å². The van der Waals surface area contributed by atoms with Crippen molar-refractivity contribution in [3.63, 3.8) is 0 Å². The molecule has 0 spiro atoms. The first-order valence-electron chi connectivity index (χ1n) is 5.83. The fourth-order valence-corrected chi connectivity index (χ4v) is 2.84. The van der Waals surface area contributed by atoms with Crippen LogP contribution in [0.3, 0.4) is 0 Å². The summed E-state index contributed by atoms with van der Waals surface area (Å²) < 4.78 is 1.22. The van der Waals surface area contributed by atoms with E-state index in [4.69, 9.17) is 0 Å². The first-order chi connectivity index (χ1) is 7.70. The molecular weight excluding hydrogens is 284 g/mol. The van der Waals surface area contributed by atoms with Crippen molar-refractivity contribution in [2.75, 3.05) is 19.6 Å². The average Bonchev–Trinajstić information content (AvgIpc) is 2.62. The number of nitrogens with one attached hydrogen (secondary N) is 2. The minimum absolute atomic E-state index is 0.745. The van der Waals surface area contributed by atoms with Crippen molar-refractivity contribution in [2.24, 2.45) is 5.92 Å². The lowest BCUT2D eigenvalue weighted by molar-refractivity contribution is 0.531. The van der Waals surface area contributed by atoms with Gasteiger partial charge in [-0.15, -0.1) is 11.3 Å². The predicted molar refractivity (Wildman–Crippen MR) is 76.1 cm³/mol. The van der Waals surface area contributed by atoms with E-state index in [-0.39, 0.29) is 0 Å². The molecule has 0 atom stereocenters. The van der Waals surface area contributed by atoms with E-state index in [1.165, 1.54) is 15.8 Å². The van der Waals surface area contributed by atoms with Crippen molar-refractivity contribution < 1.29 is 0 Å². The minimum atomic E-state index is 0.745. The van der Waals surface area contributed by atoms with E-state index < -0.39 is 0 Å². The van der Waals surface area contributed by atoms with Crippen LogP contribution in [0.4, 0.5) is 0 Å². The van der Waals surface area contributed by atoms with Gasteiger partial charge in [0.2, 0.25) is 0 Å². The van der Waals surface area contributed by atoms with Crippen LogP contribution in [0.15, 0.2) is 15.9 Å². The molecular formula is C12H21BrN2S. The van der Waals surface area contributed by atoms with Crippen molar-refractivity contribution >= 4 is 27.3 Å². The molecule has 0 aliphatic carbocycles. The van der Waals surface area contributed by atoms with Gasteiger partial charge < -0.3 is 10.6 Å². The molecule has 1 aromatic rings. The van der Waals surface area contributed by atoms with E-state index in [2.05, 4.69) is 51.9 Å². The quantitative estimate of drug-likeness (QED) is 0.721. The van der Waals surface area contributed by atoms with Gasteiger partial charge in [-0.25, -0.2) is 0 Å². The van der Waals surface area contributed by atoms with Crippen LogP contribution in [0.5, 0.6) is 0 Å². The summed E-state index contributed by atoms with van der Waals surface area (Å²) in [7, 11) is 0. The lowest BCUT2D eigenvalue weighted by atomic mass is 10.2. The van der Waals surface area contributed by atoms with Crippen LogP contribution in [0, 0.1) is 5.92 Å². The van der Waals surface area contributed by atoms with Gasteiger partial charge in [-0.2, -0.15) is 0 Å². The number of halogens is 1. The zero-order valence-corrected chi connectivity index (χ0v) is 12.5. The molecule has 0 unspecified atom stereocenters. The van der Waals surface area contributed by atoms with E-state index in [0.717, 1.165) is 32.1 Å². The first-order valence-corrected chi connectivity index (χ1v) is 7.50. The Morgan fingerprint density at radius 2 is 2.06 bits per heavy atom. The second kappa shape index (κ2) is 8.23. The third-order valence-electron chi connectivity index (χ3n) is 2.24. The summed E-state index contributed by atoms with van der Waals surface area (Å²) in [5, 5.41) is 9.02. The van der Waals surface area contributed by atoms with Crippen molar-refractivity contribution in [1.82, 2.24) is 10.6 Å². The summed E-state index contributed by atoms with van der Waals surface area (Å²) >= 11 is 5.33. The minimum Gasteiger partial charge on any atom is -0.316 e. The monoisotopic (exact) mass is 304 g/mol. The van der Waals surface area contributed by atoms with Crippen LogP contribution in [0.1, 0.15) is 25.1 Å². The Hall–Kier alpha value is 0.100. The molecule has 1 rings (SSSR count). The third kappa shape index (κ3) is 5.99. The molecule has 0 saturated carbocycles. The molecule has 0 aliphatic heterocycles. The normalized spacial score (nSPS) is 11.2. The molecule has 0 radical (unpaired) electrons. The Kier molecular flexibility index (Phi) is 7.28. The van der Waals surface area contributed by atoms with Crippen LogP contribution in [0.25, 0.3) is 0 Å². The number of thiophene rings is 1. The zero-order valence-electron chi connectivity index (χ0n) is 10.1. The van der Waals surface area contributed by atoms with Crippen molar-refractivity contribution in [2.45, 2.75) is 26.8 Å². The van der Waals surface area contributed by atoms with Gasteiger partial charge in [0.15, 0.2) is 0 Å². The lowest BCUT2D eigenvalue weighted by Gasteiger charge is -2.07. The Labute approximate surface area is 111 Å². The van der Waals surface area contributed by atoms with Crippen molar-refractivity contribution in [3.8, 4) is 0 Å². The summed E-state index contributed by atoms with van der Waals surface area (Å²) in [4.78, 5) is 1.38. The van der Waals surface area contributed by atoms with Gasteiger partial charge in [-0.1, -0.05) is 13.8 Å². The Morgan fingerprint density at radius 3 is 2.69 bits per heavy atom. The third-order valence-corrected chi connectivity index (χ3v) is 4.16.